The monoisotopic (exact) mass is 766 g/mol. The van der Waals surface area contributed by atoms with Crippen molar-refractivity contribution in [2.45, 2.75) is 88.0 Å². The summed E-state index contributed by atoms with van der Waals surface area (Å²) in [6.07, 6.45) is 1.39. The number of carbonyl (C=O) groups excluding carboxylic acids is 2. The van der Waals surface area contributed by atoms with Crippen molar-refractivity contribution in [1.82, 2.24) is 20.1 Å². The van der Waals surface area contributed by atoms with E-state index >= 15 is 4.79 Å². The van der Waals surface area contributed by atoms with Gasteiger partial charge in [-0.1, -0.05) is 24.3 Å². The van der Waals surface area contributed by atoms with Crippen molar-refractivity contribution in [3.8, 4) is 28.7 Å². The highest BCUT2D eigenvalue weighted by atomic mass is 32.2. The van der Waals surface area contributed by atoms with E-state index in [2.05, 4.69) is 59.2 Å². The number of phenolic OH excluding ortho intramolecular Hbond substituents is 1. The van der Waals surface area contributed by atoms with Gasteiger partial charge in [-0.25, -0.2) is 4.79 Å². The van der Waals surface area contributed by atoms with E-state index in [0.717, 1.165) is 56.4 Å². The Morgan fingerprint density at radius 2 is 1.87 bits per heavy atom. The molecule has 0 saturated carbocycles. The van der Waals surface area contributed by atoms with Gasteiger partial charge in [-0.05, 0) is 70.3 Å². The van der Waals surface area contributed by atoms with Gasteiger partial charge >= 0.3 is 11.9 Å². The second-order valence-corrected chi connectivity index (χ2v) is 17.7. The molecule has 4 bridgehead atoms. The molecular formula is C42H46N4O8S. The van der Waals surface area contributed by atoms with Gasteiger partial charge in [0.15, 0.2) is 28.5 Å². The minimum atomic E-state index is -1.20. The molecule has 8 atom stereocenters. The van der Waals surface area contributed by atoms with Gasteiger partial charge in [-0.3, -0.25) is 19.9 Å². The molecule has 9 heterocycles. The van der Waals surface area contributed by atoms with E-state index in [-0.39, 0.29) is 48.5 Å². The molecule has 3 aromatic carbocycles. The summed E-state index contributed by atoms with van der Waals surface area (Å²) < 4.78 is 31.2. The molecule has 2 fully saturated rings. The van der Waals surface area contributed by atoms with E-state index in [1.807, 2.05) is 26.0 Å². The maximum atomic E-state index is 15.0. The Kier molecular flexibility index (Phi) is 7.66. The fraction of sp³-hybridized carbons (Fsp3) is 0.476. The number of fused-ring (bicyclic) bond motifs is 8. The van der Waals surface area contributed by atoms with Crippen molar-refractivity contribution in [2.24, 2.45) is 0 Å². The number of para-hydroxylation sites is 1. The summed E-state index contributed by atoms with van der Waals surface area (Å²) in [5.74, 6) is 1.73. The van der Waals surface area contributed by atoms with Crippen LogP contribution in [-0.2, 0) is 32.7 Å². The number of thioether (sulfide) groups is 1. The molecule has 288 valence electrons. The van der Waals surface area contributed by atoms with Gasteiger partial charge in [0.05, 0.1) is 30.1 Å². The SMILES string of the molecule is COc1c(C)cc2c(c1O)[C@@H]1C3[C@@H]4SC[C@]5(N[C@@H](C)Cc6c5[nH]c5ccccc65)C(=O)OC[C@@H](c5c6c(c(C)c(OC(C)=O)c54)OCO6)N3[C@](C)(C2)CN1C. The second-order valence-electron chi connectivity index (χ2n) is 16.5. The van der Waals surface area contributed by atoms with Crippen molar-refractivity contribution in [3.63, 3.8) is 0 Å². The van der Waals surface area contributed by atoms with Crippen molar-refractivity contribution in [1.29, 1.82) is 0 Å². The summed E-state index contributed by atoms with van der Waals surface area (Å²) in [6, 6.07) is 9.24. The van der Waals surface area contributed by atoms with Crippen LogP contribution < -0.4 is 24.3 Å². The number of aromatic nitrogens is 1. The van der Waals surface area contributed by atoms with Crippen LogP contribution in [0.15, 0.2) is 30.3 Å². The lowest BCUT2D eigenvalue weighted by Crippen LogP contribution is -2.69. The zero-order valence-electron chi connectivity index (χ0n) is 32.1. The van der Waals surface area contributed by atoms with E-state index in [9.17, 15) is 9.90 Å². The molecule has 1 spiro atoms. The van der Waals surface area contributed by atoms with Crippen LogP contribution in [0.3, 0.4) is 0 Å². The Bertz CT molecular complexity index is 2340. The van der Waals surface area contributed by atoms with Gasteiger partial charge in [0.2, 0.25) is 6.79 Å². The number of rotatable bonds is 2. The topological polar surface area (TPSA) is 135 Å². The molecule has 12 rings (SSSR count). The summed E-state index contributed by atoms with van der Waals surface area (Å²) in [5.41, 5.74) is 6.34. The molecule has 0 aliphatic carbocycles. The molecule has 13 heteroatoms. The standard InChI is InChI=1S/C42H46N4O8S/c1-19-12-23-14-41(5)16-45(6)31(28(23)33(48)34(19)50-7)32-38-30-29(37-36(52-18-53-37)21(3)35(30)54-22(4)47)27(46(32)41)15-51-40(49)42(17-55-38)39-25(13-20(2)44-42)24-10-8-9-11-26(24)43-39/h8-12,20,27,31-32,38,43-44,48H,13-18H2,1-7H3/t20-,27-,31+,32?,38+,41+,42+/m0/s1. The second kappa shape index (κ2) is 12.0. The summed E-state index contributed by atoms with van der Waals surface area (Å²) in [4.78, 5) is 36.6. The number of nitrogens with one attached hydrogen (secondary N) is 2. The third-order valence-electron chi connectivity index (χ3n) is 13.0. The number of carbonyl (C=O) groups is 2. The lowest BCUT2D eigenvalue weighted by molar-refractivity contribution is -0.160. The third kappa shape index (κ3) is 4.69. The molecule has 3 N–H and O–H groups in total. The highest BCUT2D eigenvalue weighted by Crippen LogP contribution is 2.65. The number of aromatic hydroxyl groups is 1. The maximum absolute atomic E-state index is 15.0. The van der Waals surface area contributed by atoms with Crippen LogP contribution >= 0.6 is 11.8 Å². The fourth-order valence-corrected chi connectivity index (χ4v) is 12.9. The number of H-pyrrole nitrogens is 1. The number of benzene rings is 3. The number of aryl methyl sites for hydroxylation is 1. The average Bonchev–Trinajstić information content (AvgIpc) is 3.73. The van der Waals surface area contributed by atoms with Crippen LogP contribution in [0, 0.1) is 13.8 Å². The van der Waals surface area contributed by atoms with Crippen LogP contribution in [0.4, 0.5) is 0 Å². The van der Waals surface area contributed by atoms with Crippen LogP contribution in [0.2, 0.25) is 0 Å². The van der Waals surface area contributed by atoms with Crippen LogP contribution in [-0.4, -0.2) is 89.3 Å². The largest absolute Gasteiger partial charge is 0.504 e. The number of hydrogen-bond acceptors (Lipinski definition) is 12. The quantitative estimate of drug-likeness (QED) is 0.172. The molecule has 2 saturated heterocycles. The molecule has 2 unspecified atom stereocenters. The predicted octanol–water partition coefficient (Wildman–Crippen LogP) is 5.64. The Morgan fingerprint density at radius 3 is 2.65 bits per heavy atom. The number of hydrogen-bond donors (Lipinski definition) is 3. The first-order valence-electron chi connectivity index (χ1n) is 19.1. The maximum Gasteiger partial charge on any atom is 0.333 e. The van der Waals surface area contributed by atoms with Crippen LogP contribution in [0.25, 0.3) is 10.9 Å². The van der Waals surface area contributed by atoms with Gasteiger partial charge in [-0.15, -0.1) is 11.8 Å². The van der Waals surface area contributed by atoms with Gasteiger partial charge in [0.25, 0.3) is 0 Å². The Labute approximate surface area is 323 Å². The fourth-order valence-electron chi connectivity index (χ4n) is 11.2. The molecule has 8 aliphatic heterocycles. The van der Waals surface area contributed by atoms with Gasteiger partial charge in [0.1, 0.15) is 12.4 Å². The van der Waals surface area contributed by atoms with E-state index < -0.39 is 23.1 Å². The lowest BCUT2D eigenvalue weighted by Gasteiger charge is -2.61. The van der Waals surface area contributed by atoms with Crippen molar-refractivity contribution >= 4 is 34.6 Å². The number of nitrogens with zero attached hydrogens (tertiary/aromatic N) is 2. The molecule has 0 amide bonds. The third-order valence-corrected chi connectivity index (χ3v) is 14.5. The van der Waals surface area contributed by atoms with E-state index in [0.29, 0.717) is 47.3 Å². The Balaban J connectivity index is 1.26. The van der Waals surface area contributed by atoms with Crippen molar-refractivity contribution in [2.75, 3.05) is 39.9 Å². The van der Waals surface area contributed by atoms with E-state index in [4.69, 9.17) is 23.7 Å². The highest BCUT2D eigenvalue weighted by Gasteiger charge is 2.63. The summed E-state index contributed by atoms with van der Waals surface area (Å²) in [7, 11) is 3.72. The number of piperazine rings is 1. The first-order valence-corrected chi connectivity index (χ1v) is 20.1. The molecular weight excluding hydrogens is 721 g/mol. The van der Waals surface area contributed by atoms with Crippen LogP contribution in [0.1, 0.15) is 82.7 Å². The zero-order chi connectivity index (χ0) is 38.3. The molecule has 1 aromatic heterocycles. The minimum Gasteiger partial charge on any atom is -0.504 e. The van der Waals surface area contributed by atoms with Gasteiger partial charge in [0, 0.05) is 70.0 Å². The predicted molar refractivity (Wildman–Crippen MR) is 206 cm³/mol. The Hall–Kier alpha value is -4.43. The number of likely N-dealkylation sites (N-methyl/N-ethyl adjacent to an activating group) is 1. The molecule has 0 radical (unpaired) electrons. The zero-order valence-corrected chi connectivity index (χ0v) is 32.9. The summed E-state index contributed by atoms with van der Waals surface area (Å²) >= 11 is 1.66. The van der Waals surface area contributed by atoms with E-state index in [1.54, 1.807) is 18.9 Å². The van der Waals surface area contributed by atoms with Crippen molar-refractivity contribution in [3.05, 3.63) is 75.0 Å². The van der Waals surface area contributed by atoms with E-state index in [1.165, 1.54) is 6.92 Å². The minimum absolute atomic E-state index is 0.0160. The molecule has 12 nitrogen and oxygen atoms in total. The normalized spacial score (nSPS) is 31.7. The number of ether oxygens (including phenoxy) is 5. The highest BCUT2D eigenvalue weighted by molar-refractivity contribution is 7.99. The lowest BCUT2D eigenvalue weighted by atomic mass is 9.76. The number of methoxy groups -OCH3 is 1. The number of aromatic amines is 1. The molecule has 4 aromatic rings. The van der Waals surface area contributed by atoms with Gasteiger partial charge < -0.3 is 33.8 Å². The summed E-state index contributed by atoms with van der Waals surface area (Å²) in [5, 5.41) is 16.6. The molecule has 8 aliphatic rings. The smallest absolute Gasteiger partial charge is 0.333 e. The first kappa shape index (κ1) is 35.0. The number of esters is 2. The number of phenols is 1. The first-order chi connectivity index (χ1) is 26.4. The van der Waals surface area contributed by atoms with Gasteiger partial charge in [-0.2, -0.15) is 0 Å². The summed E-state index contributed by atoms with van der Waals surface area (Å²) in [6.45, 7) is 10.4. The van der Waals surface area contributed by atoms with Crippen LogP contribution in [0.5, 0.6) is 28.7 Å². The Morgan fingerprint density at radius 1 is 1.09 bits per heavy atom. The molecule has 55 heavy (non-hydrogen) atoms. The van der Waals surface area contributed by atoms with Crippen molar-refractivity contribution < 1.29 is 38.4 Å². The average molecular weight is 767 g/mol.